The van der Waals surface area contributed by atoms with E-state index in [4.69, 9.17) is 0 Å². The largest absolute Gasteiger partial charge is 0.378 e. The maximum absolute atomic E-state index is 12.8. The highest BCUT2D eigenvalue weighted by Gasteiger charge is 2.16. The predicted molar refractivity (Wildman–Crippen MR) is 116 cm³/mol. The first kappa shape index (κ1) is 22.9. The lowest BCUT2D eigenvalue weighted by Crippen LogP contribution is -2.23. The van der Waals surface area contributed by atoms with Crippen LogP contribution in [-0.4, -0.2) is 39.6 Å². The van der Waals surface area contributed by atoms with Crippen LogP contribution in [0, 0.1) is 0 Å². The van der Waals surface area contributed by atoms with Gasteiger partial charge in [-0.1, -0.05) is 0 Å². The number of nitrogens with zero attached hydrogens (tertiary/aromatic N) is 1. The molecular formula is C20H24N4O5S. The van der Waals surface area contributed by atoms with E-state index < -0.39 is 10.0 Å². The lowest BCUT2D eigenvalue weighted by molar-refractivity contribution is -0.116. The Balaban J connectivity index is 2.35. The van der Waals surface area contributed by atoms with Crippen LogP contribution in [0.4, 0.5) is 22.7 Å². The van der Waals surface area contributed by atoms with Crippen LogP contribution >= 0.6 is 0 Å². The van der Waals surface area contributed by atoms with E-state index in [9.17, 15) is 22.8 Å². The Hall–Kier alpha value is -3.40. The van der Waals surface area contributed by atoms with Gasteiger partial charge in [-0.25, -0.2) is 8.42 Å². The molecule has 0 saturated carbocycles. The second-order valence-corrected chi connectivity index (χ2v) is 8.40. The van der Waals surface area contributed by atoms with Crippen LogP contribution in [-0.2, 0) is 24.4 Å². The molecule has 0 saturated heterocycles. The molecule has 0 radical (unpaired) electrons. The number of carbonyl (C=O) groups is 3. The Bertz CT molecular complexity index is 1070. The average Bonchev–Trinajstić information content (AvgIpc) is 2.65. The third-order valence-electron chi connectivity index (χ3n) is 4.06. The molecule has 30 heavy (non-hydrogen) atoms. The molecule has 2 rings (SSSR count). The molecule has 3 N–H and O–H groups in total. The summed E-state index contributed by atoms with van der Waals surface area (Å²) >= 11 is 0. The van der Waals surface area contributed by atoms with Crippen molar-refractivity contribution in [2.45, 2.75) is 25.7 Å². The number of amides is 2. The van der Waals surface area contributed by atoms with E-state index >= 15 is 0 Å². The maximum Gasteiger partial charge on any atom is 0.261 e. The van der Waals surface area contributed by atoms with Gasteiger partial charge in [-0.2, -0.15) is 0 Å². The summed E-state index contributed by atoms with van der Waals surface area (Å²) in [5.41, 5.74) is 1.63. The minimum Gasteiger partial charge on any atom is -0.378 e. The monoisotopic (exact) mass is 432 g/mol. The first-order chi connectivity index (χ1) is 14.0. The number of Topliss-reactive ketones (excluding diaryl/α,β-unsaturated/α-hetero) is 1. The first-order valence-electron chi connectivity index (χ1n) is 9.01. The van der Waals surface area contributed by atoms with E-state index in [1.165, 1.54) is 62.1 Å². The molecule has 10 heteroatoms. The summed E-state index contributed by atoms with van der Waals surface area (Å²) in [6.45, 7) is 4.22. The number of anilines is 4. The number of hydrogen-bond donors (Lipinski definition) is 3. The highest BCUT2D eigenvalue weighted by Crippen LogP contribution is 2.27. The molecule has 0 aliphatic carbocycles. The number of ketones is 1. The highest BCUT2D eigenvalue weighted by molar-refractivity contribution is 7.92. The highest BCUT2D eigenvalue weighted by atomic mass is 32.2. The van der Waals surface area contributed by atoms with Gasteiger partial charge in [-0.15, -0.1) is 0 Å². The van der Waals surface area contributed by atoms with Gasteiger partial charge in [0.25, 0.3) is 10.0 Å². The summed E-state index contributed by atoms with van der Waals surface area (Å²) in [4.78, 5) is 35.5. The topological polar surface area (TPSA) is 125 Å². The SMILES string of the molecule is CC(=O)CNc1cc(NS(=O)(=O)c2ccc(NC(C)=O)cc2)cc(N(C)C(C)=O)c1. The molecule has 0 fully saturated rings. The van der Waals surface area contributed by atoms with E-state index in [-0.39, 0.29) is 34.7 Å². The minimum absolute atomic E-state index is 0.000160. The molecular weight excluding hydrogens is 408 g/mol. The zero-order chi connectivity index (χ0) is 22.5. The summed E-state index contributed by atoms with van der Waals surface area (Å²) in [5.74, 6) is -0.594. The van der Waals surface area contributed by atoms with E-state index in [0.717, 1.165) is 0 Å². The molecule has 0 bridgehead atoms. The molecule has 2 amide bonds. The van der Waals surface area contributed by atoms with Crippen LogP contribution in [0.5, 0.6) is 0 Å². The number of carbonyl (C=O) groups excluding carboxylic acids is 3. The van der Waals surface area contributed by atoms with Crippen LogP contribution in [0.1, 0.15) is 20.8 Å². The van der Waals surface area contributed by atoms with Crippen LogP contribution in [0.15, 0.2) is 47.4 Å². The molecule has 0 spiro atoms. The van der Waals surface area contributed by atoms with Crippen molar-refractivity contribution < 1.29 is 22.8 Å². The molecule has 0 atom stereocenters. The van der Waals surface area contributed by atoms with Crippen molar-refractivity contribution in [1.82, 2.24) is 0 Å². The molecule has 9 nitrogen and oxygen atoms in total. The predicted octanol–water partition coefficient (Wildman–Crippen LogP) is 2.43. The molecule has 0 aliphatic rings. The smallest absolute Gasteiger partial charge is 0.261 e. The summed E-state index contributed by atoms with van der Waals surface area (Å²) in [6, 6.07) is 10.4. The second kappa shape index (κ2) is 9.40. The summed E-state index contributed by atoms with van der Waals surface area (Å²) < 4.78 is 28.0. The Morgan fingerprint density at radius 3 is 2.03 bits per heavy atom. The molecule has 0 unspecified atom stereocenters. The van der Waals surface area contributed by atoms with E-state index in [1.54, 1.807) is 13.1 Å². The van der Waals surface area contributed by atoms with Gasteiger partial charge in [0.1, 0.15) is 5.78 Å². The Morgan fingerprint density at radius 2 is 1.50 bits per heavy atom. The van der Waals surface area contributed by atoms with Gasteiger partial charge in [-0.05, 0) is 49.4 Å². The zero-order valence-electron chi connectivity index (χ0n) is 17.1. The van der Waals surface area contributed by atoms with Crippen LogP contribution in [0.3, 0.4) is 0 Å². The number of sulfonamides is 1. The number of benzene rings is 2. The van der Waals surface area contributed by atoms with E-state index in [2.05, 4.69) is 15.4 Å². The van der Waals surface area contributed by atoms with Gasteiger partial charge in [-0.3, -0.25) is 19.1 Å². The summed E-state index contributed by atoms with van der Waals surface area (Å²) in [6.07, 6.45) is 0. The lowest BCUT2D eigenvalue weighted by Gasteiger charge is -2.19. The number of hydrogen-bond acceptors (Lipinski definition) is 6. The van der Waals surface area contributed by atoms with Crippen LogP contribution < -0.4 is 20.3 Å². The lowest BCUT2D eigenvalue weighted by atomic mass is 10.2. The number of nitrogens with one attached hydrogen (secondary N) is 3. The van der Waals surface area contributed by atoms with E-state index in [0.29, 0.717) is 17.1 Å². The van der Waals surface area contributed by atoms with Crippen molar-refractivity contribution in [3.8, 4) is 0 Å². The van der Waals surface area contributed by atoms with Crippen LogP contribution in [0.2, 0.25) is 0 Å². The molecule has 0 aromatic heterocycles. The van der Waals surface area contributed by atoms with Gasteiger partial charge in [0, 0.05) is 38.0 Å². The molecule has 2 aromatic rings. The zero-order valence-corrected chi connectivity index (χ0v) is 18.0. The summed E-state index contributed by atoms with van der Waals surface area (Å²) in [7, 11) is -2.37. The van der Waals surface area contributed by atoms with Gasteiger partial charge in [0.05, 0.1) is 17.1 Å². The molecule has 160 valence electrons. The third kappa shape index (κ3) is 6.31. The van der Waals surface area contributed by atoms with Crippen molar-refractivity contribution >= 4 is 50.4 Å². The van der Waals surface area contributed by atoms with Crippen molar-refractivity contribution in [1.29, 1.82) is 0 Å². The maximum atomic E-state index is 12.8. The van der Waals surface area contributed by atoms with Gasteiger partial charge >= 0.3 is 0 Å². The second-order valence-electron chi connectivity index (χ2n) is 6.71. The molecule has 0 heterocycles. The van der Waals surface area contributed by atoms with E-state index in [1.807, 2.05) is 0 Å². The van der Waals surface area contributed by atoms with Crippen molar-refractivity contribution in [2.24, 2.45) is 0 Å². The Labute approximate surface area is 175 Å². The molecule has 0 aliphatic heterocycles. The first-order valence-corrected chi connectivity index (χ1v) is 10.5. The van der Waals surface area contributed by atoms with Crippen LogP contribution in [0.25, 0.3) is 0 Å². The number of rotatable bonds is 8. The normalized spacial score (nSPS) is 10.8. The quantitative estimate of drug-likeness (QED) is 0.588. The van der Waals surface area contributed by atoms with Crippen molar-refractivity contribution in [3.63, 3.8) is 0 Å². The van der Waals surface area contributed by atoms with Gasteiger partial charge in [0.15, 0.2) is 0 Å². The average molecular weight is 433 g/mol. The Morgan fingerprint density at radius 1 is 0.900 bits per heavy atom. The fourth-order valence-electron chi connectivity index (χ4n) is 2.51. The Kier molecular flexibility index (Phi) is 7.17. The standard InChI is InChI=1S/C20H24N4O5S/c1-13(25)12-21-17-9-18(11-19(10-17)24(4)15(3)27)23-30(28,29)20-7-5-16(6-8-20)22-14(2)26/h5-11,21,23H,12H2,1-4H3,(H,22,26). The van der Waals surface area contributed by atoms with Crippen molar-refractivity contribution in [2.75, 3.05) is 33.8 Å². The van der Waals surface area contributed by atoms with Gasteiger partial charge < -0.3 is 15.5 Å². The van der Waals surface area contributed by atoms with Crippen molar-refractivity contribution in [3.05, 3.63) is 42.5 Å². The third-order valence-corrected chi connectivity index (χ3v) is 5.45. The fourth-order valence-corrected chi connectivity index (χ4v) is 3.55. The fraction of sp³-hybridized carbons (Fsp3) is 0.250. The van der Waals surface area contributed by atoms with Gasteiger partial charge in [0.2, 0.25) is 11.8 Å². The molecule has 2 aromatic carbocycles. The summed E-state index contributed by atoms with van der Waals surface area (Å²) in [5, 5.41) is 5.47. The minimum atomic E-state index is -3.93.